The average molecular weight is 477 g/mol. The molecule has 0 aliphatic rings. The van der Waals surface area contributed by atoms with Crippen LogP contribution in [0, 0.1) is 11.6 Å². The first-order valence-corrected chi connectivity index (χ1v) is 11.4. The lowest BCUT2D eigenvalue weighted by Crippen LogP contribution is -2.23. The minimum atomic E-state index is -3.60. The summed E-state index contributed by atoms with van der Waals surface area (Å²) in [5.41, 5.74) is 6.87. The Bertz CT molecular complexity index is 1400. The SMILES string of the molecule is CCS(=O)(=O)Nc1ccc(Oc2ccc(F)cc2F)c(-c2cn(C)c(=O)c(C=NC)c2N)c1. The third kappa shape index (κ3) is 5.20. The number of nitrogens with zero attached hydrogens (tertiary/aromatic N) is 2. The van der Waals surface area contributed by atoms with Crippen LogP contribution in [0.4, 0.5) is 20.2 Å². The predicted octanol–water partition coefficient (Wildman–Crippen LogP) is 3.52. The van der Waals surface area contributed by atoms with E-state index in [0.717, 1.165) is 12.1 Å². The van der Waals surface area contributed by atoms with Crippen LogP contribution in [0.3, 0.4) is 0 Å². The van der Waals surface area contributed by atoms with Gasteiger partial charge in [-0.15, -0.1) is 0 Å². The first kappa shape index (κ1) is 23.9. The highest BCUT2D eigenvalue weighted by Crippen LogP contribution is 2.39. The lowest BCUT2D eigenvalue weighted by Gasteiger charge is -2.17. The van der Waals surface area contributed by atoms with Crippen molar-refractivity contribution in [2.24, 2.45) is 12.0 Å². The Hall–Kier alpha value is -3.73. The average Bonchev–Trinajstić information content (AvgIpc) is 2.76. The van der Waals surface area contributed by atoms with Crippen LogP contribution in [0.25, 0.3) is 11.1 Å². The van der Waals surface area contributed by atoms with Gasteiger partial charge in [0.1, 0.15) is 11.6 Å². The maximum atomic E-state index is 14.2. The number of nitrogens with one attached hydrogen (secondary N) is 1. The van der Waals surface area contributed by atoms with Crippen LogP contribution in [-0.2, 0) is 17.1 Å². The Morgan fingerprint density at radius 3 is 2.48 bits per heavy atom. The summed E-state index contributed by atoms with van der Waals surface area (Å²) in [6, 6.07) is 7.14. The number of aryl methyl sites for hydroxylation is 1. The van der Waals surface area contributed by atoms with Gasteiger partial charge >= 0.3 is 0 Å². The molecule has 0 fully saturated rings. The molecule has 1 heterocycles. The standard InChI is InChI=1S/C22H22F2N4O4S/c1-4-33(30,31)27-14-6-8-19(32-20-7-5-13(23)9-18(20)24)15(10-14)17-12-28(3)22(29)16(11-26-2)21(17)25/h5-12,27H,4,25H2,1-3H3. The van der Waals surface area contributed by atoms with Crippen molar-refractivity contribution >= 4 is 27.6 Å². The topological polar surface area (TPSA) is 116 Å². The van der Waals surface area contributed by atoms with E-state index in [4.69, 9.17) is 10.5 Å². The number of ether oxygens (including phenoxy) is 1. The summed E-state index contributed by atoms with van der Waals surface area (Å²) in [6.07, 6.45) is 2.76. The highest BCUT2D eigenvalue weighted by Gasteiger charge is 2.19. The summed E-state index contributed by atoms with van der Waals surface area (Å²) in [5.74, 6) is -2.00. The number of rotatable bonds is 7. The normalized spacial score (nSPS) is 11.7. The molecule has 0 atom stereocenters. The fourth-order valence-electron chi connectivity index (χ4n) is 3.06. The van der Waals surface area contributed by atoms with Crippen molar-refractivity contribution in [3.05, 3.63) is 70.1 Å². The van der Waals surface area contributed by atoms with Crippen molar-refractivity contribution in [3.63, 3.8) is 0 Å². The lowest BCUT2D eigenvalue weighted by atomic mass is 10.0. The summed E-state index contributed by atoms with van der Waals surface area (Å²) in [5, 5.41) is 0. The van der Waals surface area contributed by atoms with Gasteiger partial charge in [-0.1, -0.05) is 0 Å². The van der Waals surface area contributed by atoms with E-state index >= 15 is 0 Å². The van der Waals surface area contributed by atoms with Gasteiger partial charge in [0.2, 0.25) is 10.0 Å². The molecule has 3 rings (SSSR count). The molecule has 0 radical (unpaired) electrons. The van der Waals surface area contributed by atoms with Crippen molar-refractivity contribution in [3.8, 4) is 22.6 Å². The van der Waals surface area contributed by atoms with Crippen molar-refractivity contribution in [2.75, 3.05) is 23.3 Å². The molecule has 2 aromatic carbocycles. The summed E-state index contributed by atoms with van der Waals surface area (Å²) in [7, 11) is -0.597. The molecular weight excluding hydrogens is 454 g/mol. The van der Waals surface area contributed by atoms with Crippen molar-refractivity contribution < 1.29 is 21.9 Å². The van der Waals surface area contributed by atoms with Gasteiger partial charge < -0.3 is 15.0 Å². The second-order valence-electron chi connectivity index (χ2n) is 7.07. The number of aliphatic imine (C=N–C) groups is 1. The van der Waals surface area contributed by atoms with E-state index in [1.807, 2.05) is 0 Å². The van der Waals surface area contributed by atoms with E-state index in [2.05, 4.69) is 9.71 Å². The largest absolute Gasteiger partial charge is 0.454 e. The van der Waals surface area contributed by atoms with Crippen LogP contribution in [-0.4, -0.2) is 32.0 Å². The van der Waals surface area contributed by atoms with Gasteiger partial charge in [-0.2, -0.15) is 0 Å². The number of halogens is 2. The van der Waals surface area contributed by atoms with Crippen LogP contribution < -0.4 is 20.8 Å². The minimum Gasteiger partial charge on any atom is -0.454 e. The van der Waals surface area contributed by atoms with Gasteiger partial charge in [0.05, 0.1) is 17.0 Å². The molecule has 0 aliphatic carbocycles. The van der Waals surface area contributed by atoms with Gasteiger partial charge in [0.15, 0.2) is 11.6 Å². The predicted molar refractivity (Wildman–Crippen MR) is 125 cm³/mol. The molecule has 0 amide bonds. The number of hydrogen-bond acceptors (Lipinski definition) is 6. The van der Waals surface area contributed by atoms with Gasteiger partial charge in [0, 0.05) is 49.4 Å². The first-order chi connectivity index (χ1) is 15.6. The molecule has 174 valence electrons. The zero-order valence-corrected chi connectivity index (χ0v) is 18.9. The van der Waals surface area contributed by atoms with Crippen molar-refractivity contribution in [1.29, 1.82) is 0 Å². The third-order valence-electron chi connectivity index (χ3n) is 4.75. The molecule has 8 nitrogen and oxygen atoms in total. The third-order valence-corrected chi connectivity index (χ3v) is 6.06. The molecule has 0 bridgehead atoms. The maximum absolute atomic E-state index is 14.2. The molecular formula is C22H22F2N4O4S. The molecule has 0 spiro atoms. The zero-order chi connectivity index (χ0) is 24.3. The number of anilines is 2. The van der Waals surface area contributed by atoms with Crippen LogP contribution in [0.5, 0.6) is 11.5 Å². The van der Waals surface area contributed by atoms with Crippen LogP contribution >= 0.6 is 0 Å². The number of hydrogen-bond donors (Lipinski definition) is 2. The Labute approximate surface area is 189 Å². The quantitative estimate of drug-likeness (QED) is 0.506. The Kier molecular flexibility index (Phi) is 6.82. The number of benzene rings is 2. The van der Waals surface area contributed by atoms with E-state index in [-0.39, 0.29) is 39.8 Å². The van der Waals surface area contributed by atoms with Gasteiger partial charge in [-0.25, -0.2) is 17.2 Å². The molecule has 11 heteroatoms. The summed E-state index contributed by atoms with van der Waals surface area (Å²) in [6.45, 7) is 1.49. The molecule has 3 N–H and O–H groups in total. The van der Waals surface area contributed by atoms with E-state index in [1.54, 1.807) is 0 Å². The summed E-state index contributed by atoms with van der Waals surface area (Å²) < 4.78 is 61.1. The highest BCUT2D eigenvalue weighted by atomic mass is 32.2. The molecule has 3 aromatic rings. The fraction of sp³-hybridized carbons (Fsp3) is 0.182. The first-order valence-electron chi connectivity index (χ1n) is 9.75. The Balaban J connectivity index is 2.25. The van der Waals surface area contributed by atoms with Gasteiger partial charge in [-0.3, -0.25) is 14.5 Å². The number of nitrogens with two attached hydrogens (primary N) is 1. The molecule has 0 saturated carbocycles. The van der Waals surface area contributed by atoms with Crippen molar-refractivity contribution in [2.45, 2.75) is 6.92 Å². The number of aromatic nitrogens is 1. The van der Waals surface area contributed by atoms with Crippen LogP contribution in [0.1, 0.15) is 12.5 Å². The number of nitrogen functional groups attached to an aromatic ring is 1. The van der Waals surface area contributed by atoms with Gasteiger partial charge in [-0.05, 0) is 37.3 Å². The van der Waals surface area contributed by atoms with Crippen LogP contribution in [0.15, 0.2) is 52.4 Å². The number of sulfonamides is 1. The summed E-state index contributed by atoms with van der Waals surface area (Å²) >= 11 is 0. The Morgan fingerprint density at radius 2 is 1.85 bits per heavy atom. The highest BCUT2D eigenvalue weighted by molar-refractivity contribution is 7.92. The van der Waals surface area contributed by atoms with Crippen LogP contribution in [0.2, 0.25) is 0 Å². The van der Waals surface area contributed by atoms with Crippen molar-refractivity contribution in [1.82, 2.24) is 4.57 Å². The Morgan fingerprint density at radius 1 is 1.15 bits per heavy atom. The van der Waals surface area contributed by atoms with Gasteiger partial charge in [0.25, 0.3) is 5.56 Å². The monoisotopic (exact) mass is 476 g/mol. The number of pyridine rings is 1. The molecule has 0 unspecified atom stereocenters. The molecule has 0 aliphatic heterocycles. The minimum absolute atomic E-state index is 0.0728. The smallest absolute Gasteiger partial charge is 0.261 e. The van der Waals surface area contributed by atoms with E-state index in [0.29, 0.717) is 11.6 Å². The molecule has 1 aromatic heterocycles. The molecule has 33 heavy (non-hydrogen) atoms. The second kappa shape index (κ2) is 9.41. The van der Waals surface area contributed by atoms with E-state index < -0.39 is 27.2 Å². The second-order valence-corrected chi connectivity index (χ2v) is 9.08. The maximum Gasteiger partial charge on any atom is 0.261 e. The molecule has 0 saturated heterocycles. The van der Waals surface area contributed by atoms with E-state index in [1.165, 1.54) is 56.2 Å². The fourth-order valence-corrected chi connectivity index (χ4v) is 3.69. The zero-order valence-electron chi connectivity index (χ0n) is 18.1. The lowest BCUT2D eigenvalue weighted by molar-refractivity contribution is 0.439. The summed E-state index contributed by atoms with van der Waals surface area (Å²) in [4.78, 5) is 16.4. The van der Waals surface area contributed by atoms with E-state index in [9.17, 15) is 22.0 Å².